The van der Waals surface area contributed by atoms with E-state index in [-0.39, 0.29) is 10.3 Å². The van der Waals surface area contributed by atoms with E-state index in [1.165, 1.54) is 0 Å². The van der Waals surface area contributed by atoms with Crippen LogP contribution in [-0.4, -0.2) is 16.5 Å². The first-order valence-corrected chi connectivity index (χ1v) is 3.99. The first-order chi connectivity index (χ1) is 6.29. The number of halogens is 4. The summed E-state index contributed by atoms with van der Waals surface area (Å²) in [6.45, 7) is 0. The number of rotatable bonds is 1. The highest BCUT2D eigenvalue weighted by Gasteiger charge is 2.33. The zero-order valence-electron chi connectivity index (χ0n) is 6.47. The Hall–Kier alpha value is -1.18. The number of ether oxygens (including phenoxy) is 1. The van der Waals surface area contributed by atoms with Gasteiger partial charge in [0.05, 0.1) is 5.69 Å². The Balaban J connectivity index is 3.09. The van der Waals surface area contributed by atoms with Crippen molar-refractivity contribution < 1.29 is 23.0 Å². The third kappa shape index (κ3) is 2.66. The van der Waals surface area contributed by atoms with Crippen LogP contribution >= 0.6 is 15.9 Å². The van der Waals surface area contributed by atoms with Gasteiger partial charge in [-0.05, 0) is 22.0 Å². The Labute approximate surface area is 84.6 Å². The van der Waals surface area contributed by atoms with Gasteiger partial charge in [0, 0.05) is 0 Å². The third-order valence-electron chi connectivity index (χ3n) is 1.17. The van der Waals surface area contributed by atoms with Gasteiger partial charge >= 0.3 is 6.36 Å². The SMILES string of the molecule is Nc1cc(Br)nc(OC(F)(F)F)c1O. The third-order valence-corrected chi connectivity index (χ3v) is 1.58. The fourth-order valence-corrected chi connectivity index (χ4v) is 1.09. The van der Waals surface area contributed by atoms with Crippen molar-refractivity contribution in [2.45, 2.75) is 6.36 Å². The number of alkyl halides is 3. The molecule has 4 nitrogen and oxygen atoms in total. The van der Waals surface area contributed by atoms with Crippen LogP contribution in [0.1, 0.15) is 0 Å². The lowest BCUT2D eigenvalue weighted by atomic mass is 10.4. The second kappa shape index (κ2) is 3.52. The molecule has 78 valence electrons. The van der Waals surface area contributed by atoms with E-state index in [0.717, 1.165) is 6.07 Å². The van der Waals surface area contributed by atoms with Gasteiger partial charge in [0.15, 0.2) is 0 Å². The number of nitrogen functional groups attached to an aromatic ring is 1. The topological polar surface area (TPSA) is 68.4 Å². The molecule has 0 spiro atoms. The van der Waals surface area contributed by atoms with Crippen molar-refractivity contribution in [3.8, 4) is 11.6 Å². The average Bonchev–Trinajstić information content (AvgIpc) is 1.96. The molecule has 0 aromatic carbocycles. The maximum atomic E-state index is 11.8. The van der Waals surface area contributed by atoms with Crippen molar-refractivity contribution in [1.82, 2.24) is 4.98 Å². The molecule has 0 aliphatic rings. The Bertz CT molecular complexity index is 356. The highest BCUT2D eigenvalue weighted by Crippen LogP contribution is 2.35. The van der Waals surface area contributed by atoms with Crippen molar-refractivity contribution in [3.05, 3.63) is 10.7 Å². The van der Waals surface area contributed by atoms with E-state index in [1.54, 1.807) is 0 Å². The van der Waals surface area contributed by atoms with Crippen LogP contribution in [0.2, 0.25) is 0 Å². The number of nitrogens with two attached hydrogens (primary N) is 1. The molecule has 8 heteroatoms. The average molecular weight is 273 g/mol. The maximum Gasteiger partial charge on any atom is 0.574 e. The molecule has 14 heavy (non-hydrogen) atoms. The first kappa shape index (κ1) is 10.9. The van der Waals surface area contributed by atoms with E-state index >= 15 is 0 Å². The molecule has 3 N–H and O–H groups in total. The van der Waals surface area contributed by atoms with Gasteiger partial charge in [-0.1, -0.05) is 0 Å². The molecule has 0 atom stereocenters. The molecule has 0 amide bonds. The Morgan fingerprint density at radius 1 is 1.50 bits per heavy atom. The Kier molecular flexibility index (Phi) is 2.74. The van der Waals surface area contributed by atoms with Crippen molar-refractivity contribution in [1.29, 1.82) is 0 Å². The molecule has 0 saturated carbocycles. The molecule has 1 rings (SSSR count). The van der Waals surface area contributed by atoms with E-state index in [0.29, 0.717) is 0 Å². The molecule has 1 aromatic heterocycles. The van der Waals surface area contributed by atoms with Crippen molar-refractivity contribution >= 4 is 21.6 Å². The van der Waals surface area contributed by atoms with Crippen LogP contribution in [0.15, 0.2) is 10.7 Å². The molecular formula is C6H4BrF3N2O2. The summed E-state index contributed by atoms with van der Waals surface area (Å²) < 4.78 is 38.7. The number of aromatic nitrogens is 1. The van der Waals surface area contributed by atoms with Gasteiger partial charge in [-0.15, -0.1) is 13.2 Å². The van der Waals surface area contributed by atoms with Crippen molar-refractivity contribution in [2.24, 2.45) is 0 Å². The zero-order chi connectivity index (χ0) is 10.9. The minimum Gasteiger partial charge on any atom is -0.502 e. The molecule has 0 radical (unpaired) electrons. The summed E-state index contributed by atoms with van der Waals surface area (Å²) in [5.41, 5.74) is 4.91. The summed E-state index contributed by atoms with van der Waals surface area (Å²) in [5.74, 6) is -1.82. The minimum absolute atomic E-state index is 0.0343. The predicted molar refractivity (Wildman–Crippen MR) is 44.7 cm³/mol. The molecule has 0 fully saturated rings. The number of anilines is 1. The second-order valence-electron chi connectivity index (χ2n) is 2.24. The van der Waals surface area contributed by atoms with Crippen LogP contribution in [0.3, 0.4) is 0 Å². The summed E-state index contributed by atoms with van der Waals surface area (Å²) in [7, 11) is 0. The molecule has 0 unspecified atom stereocenters. The number of aromatic hydroxyl groups is 1. The van der Waals surface area contributed by atoms with E-state index in [4.69, 9.17) is 10.8 Å². The maximum absolute atomic E-state index is 11.8. The van der Waals surface area contributed by atoms with Gasteiger partial charge < -0.3 is 15.6 Å². The standard InChI is InChI=1S/C6H4BrF3N2O2/c7-3-1-2(11)4(13)5(12-3)14-6(8,9)10/h1,13H,(H2,11,12). The lowest BCUT2D eigenvalue weighted by molar-refractivity contribution is -0.276. The van der Waals surface area contributed by atoms with Crippen molar-refractivity contribution in [2.75, 3.05) is 5.73 Å². The summed E-state index contributed by atoms with van der Waals surface area (Å²) in [6, 6.07) is 1.15. The van der Waals surface area contributed by atoms with Crippen LogP contribution in [0, 0.1) is 0 Å². The lowest BCUT2D eigenvalue weighted by Crippen LogP contribution is -2.18. The predicted octanol–water partition coefficient (Wildman–Crippen LogP) is 2.03. The molecule has 0 aliphatic carbocycles. The first-order valence-electron chi connectivity index (χ1n) is 3.20. The summed E-state index contributed by atoms with van der Waals surface area (Å²) in [4.78, 5) is 3.26. The molecule has 1 heterocycles. The Morgan fingerprint density at radius 2 is 2.07 bits per heavy atom. The van der Waals surface area contributed by atoms with Crippen LogP contribution in [-0.2, 0) is 0 Å². The second-order valence-corrected chi connectivity index (χ2v) is 3.05. The van der Waals surface area contributed by atoms with Crippen LogP contribution in [0.25, 0.3) is 0 Å². The van der Waals surface area contributed by atoms with Gasteiger partial charge in [0.25, 0.3) is 5.88 Å². The van der Waals surface area contributed by atoms with E-state index < -0.39 is 18.0 Å². The minimum atomic E-state index is -4.92. The normalized spacial score (nSPS) is 11.4. The zero-order valence-corrected chi connectivity index (χ0v) is 8.06. The highest BCUT2D eigenvalue weighted by atomic mass is 79.9. The van der Waals surface area contributed by atoms with E-state index in [2.05, 4.69) is 25.7 Å². The number of pyridine rings is 1. The Morgan fingerprint density at radius 3 is 2.57 bits per heavy atom. The largest absolute Gasteiger partial charge is 0.574 e. The van der Waals surface area contributed by atoms with Gasteiger partial charge in [-0.25, -0.2) is 4.98 Å². The van der Waals surface area contributed by atoms with Gasteiger partial charge in [0.1, 0.15) is 4.60 Å². The van der Waals surface area contributed by atoms with E-state index in [1.807, 2.05) is 0 Å². The van der Waals surface area contributed by atoms with Crippen LogP contribution in [0.4, 0.5) is 18.9 Å². The fraction of sp³-hybridized carbons (Fsp3) is 0.167. The molecule has 0 saturated heterocycles. The highest BCUT2D eigenvalue weighted by molar-refractivity contribution is 9.10. The number of hydrogen-bond donors (Lipinski definition) is 2. The van der Waals surface area contributed by atoms with E-state index in [9.17, 15) is 13.2 Å². The van der Waals surface area contributed by atoms with Crippen LogP contribution < -0.4 is 10.5 Å². The lowest BCUT2D eigenvalue weighted by Gasteiger charge is -2.10. The van der Waals surface area contributed by atoms with Crippen molar-refractivity contribution in [3.63, 3.8) is 0 Å². The summed E-state index contributed by atoms with van der Waals surface area (Å²) in [6.07, 6.45) is -4.92. The smallest absolute Gasteiger partial charge is 0.502 e. The molecule has 0 aliphatic heterocycles. The van der Waals surface area contributed by atoms with Gasteiger partial charge in [-0.2, -0.15) is 0 Å². The fourth-order valence-electron chi connectivity index (χ4n) is 0.683. The summed E-state index contributed by atoms with van der Waals surface area (Å²) in [5, 5.41) is 9.05. The summed E-state index contributed by atoms with van der Waals surface area (Å²) >= 11 is 2.81. The van der Waals surface area contributed by atoms with Crippen LogP contribution in [0.5, 0.6) is 11.6 Å². The van der Waals surface area contributed by atoms with Gasteiger partial charge in [-0.3, -0.25) is 0 Å². The molecular weight excluding hydrogens is 269 g/mol. The number of hydrogen-bond acceptors (Lipinski definition) is 4. The molecule has 1 aromatic rings. The van der Waals surface area contributed by atoms with Gasteiger partial charge in [0.2, 0.25) is 5.75 Å². The number of nitrogens with zero attached hydrogens (tertiary/aromatic N) is 1. The quantitative estimate of drug-likeness (QED) is 0.768. The monoisotopic (exact) mass is 272 g/mol. The molecule has 0 bridgehead atoms.